The van der Waals surface area contributed by atoms with Crippen molar-refractivity contribution < 1.29 is 35.9 Å². The van der Waals surface area contributed by atoms with Gasteiger partial charge in [-0.1, -0.05) is 0 Å². The van der Waals surface area contributed by atoms with Gasteiger partial charge in [0.05, 0.1) is 32.4 Å². The van der Waals surface area contributed by atoms with Crippen molar-refractivity contribution in [3.63, 3.8) is 0 Å². The molecular weight excluding hydrogens is 464 g/mol. The van der Waals surface area contributed by atoms with Crippen molar-refractivity contribution in [1.29, 1.82) is 0 Å². The standard InChI is InChI=1S/C15H6BrF6N3O3/c16-10-6(15(20,21)22)1-4(14(17,18)19)2-7(10)25-8(26)3-5-9(11(25)23)13(28)24-12(5)27/h1-3H,23H2,(H,24,27,28). The summed E-state index contributed by atoms with van der Waals surface area (Å²) in [5, 5.41) is 1.83. The molecule has 0 fully saturated rings. The lowest BCUT2D eigenvalue weighted by atomic mass is 10.1. The van der Waals surface area contributed by atoms with Gasteiger partial charge in [0.1, 0.15) is 5.82 Å². The molecule has 2 amide bonds. The number of imide groups is 1. The van der Waals surface area contributed by atoms with Crippen LogP contribution in [0.1, 0.15) is 31.8 Å². The number of carbonyl (C=O) groups excluding carboxylic acids is 2. The molecule has 0 saturated heterocycles. The first-order valence-corrected chi connectivity index (χ1v) is 7.92. The van der Waals surface area contributed by atoms with Gasteiger partial charge >= 0.3 is 12.4 Å². The average molecular weight is 470 g/mol. The van der Waals surface area contributed by atoms with Gasteiger partial charge in [-0.05, 0) is 28.1 Å². The van der Waals surface area contributed by atoms with Gasteiger partial charge in [0, 0.05) is 6.07 Å². The first-order valence-electron chi connectivity index (χ1n) is 7.13. The highest BCUT2D eigenvalue weighted by atomic mass is 79.9. The summed E-state index contributed by atoms with van der Waals surface area (Å²) >= 11 is 2.56. The number of hydrogen-bond donors (Lipinski definition) is 2. The van der Waals surface area contributed by atoms with Crippen LogP contribution < -0.4 is 16.6 Å². The molecule has 6 nitrogen and oxygen atoms in total. The molecule has 0 spiro atoms. The lowest BCUT2D eigenvalue weighted by molar-refractivity contribution is -0.143. The summed E-state index contributed by atoms with van der Waals surface area (Å²) in [7, 11) is 0. The third-order valence-electron chi connectivity index (χ3n) is 3.88. The SMILES string of the molecule is Nc1c2c(cc(=O)n1-c1cc(C(F)(F)F)cc(C(F)(F)F)c1Br)C(=O)NC2=O. The molecule has 2 aromatic rings. The van der Waals surface area contributed by atoms with Crippen LogP contribution >= 0.6 is 15.9 Å². The highest BCUT2D eigenvalue weighted by Crippen LogP contribution is 2.42. The molecule has 0 unspecified atom stereocenters. The number of halogens is 7. The minimum absolute atomic E-state index is 0.127. The fourth-order valence-corrected chi connectivity index (χ4v) is 3.30. The highest BCUT2D eigenvalue weighted by molar-refractivity contribution is 9.10. The lowest BCUT2D eigenvalue weighted by Crippen LogP contribution is -2.25. The number of anilines is 1. The maximum atomic E-state index is 13.2. The van der Waals surface area contributed by atoms with Gasteiger partial charge in [-0.15, -0.1) is 0 Å². The van der Waals surface area contributed by atoms with Crippen molar-refractivity contribution in [2.45, 2.75) is 12.4 Å². The number of pyridine rings is 1. The fourth-order valence-electron chi connectivity index (χ4n) is 2.67. The molecule has 13 heteroatoms. The second kappa shape index (κ2) is 6.09. The molecule has 1 aromatic carbocycles. The molecule has 3 N–H and O–H groups in total. The monoisotopic (exact) mass is 469 g/mol. The summed E-state index contributed by atoms with van der Waals surface area (Å²) in [5.41, 5.74) is -0.762. The molecule has 148 valence electrons. The van der Waals surface area contributed by atoms with E-state index in [1.165, 1.54) is 0 Å². The van der Waals surface area contributed by atoms with Gasteiger partial charge < -0.3 is 5.73 Å². The molecule has 0 saturated carbocycles. The topological polar surface area (TPSA) is 94.2 Å². The Morgan fingerprint density at radius 3 is 2.07 bits per heavy atom. The van der Waals surface area contributed by atoms with Gasteiger partial charge in [0.15, 0.2) is 0 Å². The Kier molecular flexibility index (Phi) is 4.33. The van der Waals surface area contributed by atoms with Crippen LogP contribution in [0.4, 0.5) is 32.2 Å². The number of carbonyl (C=O) groups is 2. The summed E-state index contributed by atoms with van der Waals surface area (Å²) < 4.78 is 78.4. The van der Waals surface area contributed by atoms with Gasteiger partial charge in [0.25, 0.3) is 17.4 Å². The highest BCUT2D eigenvalue weighted by Gasteiger charge is 2.40. The minimum atomic E-state index is -5.20. The molecule has 28 heavy (non-hydrogen) atoms. The predicted molar refractivity (Wildman–Crippen MR) is 86.0 cm³/mol. The normalized spacial score (nSPS) is 14.2. The Balaban J connectivity index is 2.43. The number of amides is 2. The molecule has 1 aliphatic rings. The smallest absolute Gasteiger partial charge is 0.384 e. The van der Waals surface area contributed by atoms with E-state index in [4.69, 9.17) is 5.73 Å². The second-order valence-electron chi connectivity index (χ2n) is 5.63. The van der Waals surface area contributed by atoms with E-state index in [1.807, 2.05) is 5.32 Å². The van der Waals surface area contributed by atoms with Crippen LogP contribution in [-0.2, 0) is 12.4 Å². The van der Waals surface area contributed by atoms with Crippen LogP contribution in [-0.4, -0.2) is 16.4 Å². The number of aromatic nitrogens is 1. The van der Waals surface area contributed by atoms with Crippen molar-refractivity contribution in [2.24, 2.45) is 0 Å². The molecule has 0 bridgehead atoms. The summed E-state index contributed by atoms with van der Waals surface area (Å²) in [6.45, 7) is 0. The summed E-state index contributed by atoms with van der Waals surface area (Å²) in [6, 6.07) is 0.752. The van der Waals surface area contributed by atoms with E-state index in [1.54, 1.807) is 0 Å². The lowest BCUT2D eigenvalue weighted by Gasteiger charge is -2.19. The molecular formula is C15H6BrF6N3O3. The maximum Gasteiger partial charge on any atom is 0.417 e. The largest absolute Gasteiger partial charge is 0.417 e. The van der Waals surface area contributed by atoms with E-state index in [-0.39, 0.29) is 12.1 Å². The molecule has 1 aliphatic heterocycles. The molecule has 0 atom stereocenters. The summed E-state index contributed by atoms with van der Waals surface area (Å²) in [6.07, 6.45) is -10.4. The van der Waals surface area contributed by atoms with Crippen LogP contribution in [0, 0.1) is 0 Å². The zero-order valence-electron chi connectivity index (χ0n) is 13.1. The summed E-state index contributed by atoms with van der Waals surface area (Å²) in [4.78, 5) is 35.8. The number of hydrogen-bond acceptors (Lipinski definition) is 4. The van der Waals surface area contributed by atoms with Gasteiger partial charge in [-0.2, -0.15) is 26.3 Å². The molecule has 0 aliphatic carbocycles. The minimum Gasteiger partial charge on any atom is -0.384 e. The van der Waals surface area contributed by atoms with E-state index in [0.717, 1.165) is 0 Å². The number of nitrogens with zero attached hydrogens (tertiary/aromatic N) is 1. The van der Waals surface area contributed by atoms with Crippen LogP contribution in [0.15, 0.2) is 27.5 Å². The molecule has 1 aromatic heterocycles. The van der Waals surface area contributed by atoms with Crippen LogP contribution in [0.3, 0.4) is 0 Å². The Bertz CT molecular complexity index is 1100. The van der Waals surface area contributed by atoms with Gasteiger partial charge in [0.2, 0.25) is 0 Å². The van der Waals surface area contributed by atoms with Crippen molar-refractivity contribution >= 4 is 33.6 Å². The zero-order valence-corrected chi connectivity index (χ0v) is 14.7. The number of nitrogen functional groups attached to an aromatic ring is 1. The van der Waals surface area contributed by atoms with Crippen molar-refractivity contribution in [2.75, 3.05) is 5.73 Å². The number of benzene rings is 1. The predicted octanol–water partition coefficient (Wildman–Crippen LogP) is 3.10. The Morgan fingerprint density at radius 2 is 1.54 bits per heavy atom. The number of nitrogens with one attached hydrogen (secondary N) is 1. The van der Waals surface area contributed by atoms with Crippen LogP contribution in [0.2, 0.25) is 0 Å². The number of nitrogens with two attached hydrogens (primary N) is 1. The average Bonchev–Trinajstić information content (AvgIpc) is 2.80. The first-order chi connectivity index (χ1) is 12.7. The van der Waals surface area contributed by atoms with Gasteiger partial charge in [-0.25, -0.2) is 0 Å². The van der Waals surface area contributed by atoms with Crippen molar-refractivity contribution in [3.05, 3.63) is 55.3 Å². The second-order valence-corrected chi connectivity index (χ2v) is 6.42. The van der Waals surface area contributed by atoms with Crippen molar-refractivity contribution in [3.8, 4) is 5.69 Å². The third kappa shape index (κ3) is 3.04. The van der Waals surface area contributed by atoms with E-state index in [0.29, 0.717) is 10.6 Å². The van der Waals surface area contributed by atoms with Crippen LogP contribution in [0.25, 0.3) is 5.69 Å². The van der Waals surface area contributed by atoms with E-state index >= 15 is 0 Å². The zero-order chi connectivity index (χ0) is 21.2. The van der Waals surface area contributed by atoms with Crippen molar-refractivity contribution in [1.82, 2.24) is 9.88 Å². The fraction of sp³-hybridized carbons (Fsp3) is 0.133. The quantitative estimate of drug-likeness (QED) is 0.495. The van der Waals surface area contributed by atoms with E-state index in [2.05, 4.69) is 15.9 Å². The van der Waals surface area contributed by atoms with Gasteiger partial charge in [-0.3, -0.25) is 24.3 Å². The molecule has 2 heterocycles. The first kappa shape index (κ1) is 19.9. The maximum absolute atomic E-state index is 13.2. The third-order valence-corrected chi connectivity index (χ3v) is 4.71. The Labute approximate surface area is 159 Å². The molecule has 3 rings (SSSR count). The number of rotatable bonds is 1. The number of alkyl halides is 6. The molecule has 0 radical (unpaired) electrons. The van der Waals surface area contributed by atoms with E-state index < -0.39 is 68.0 Å². The van der Waals surface area contributed by atoms with E-state index in [9.17, 15) is 40.7 Å². The summed E-state index contributed by atoms with van der Waals surface area (Å²) in [5.74, 6) is -2.78. The van der Waals surface area contributed by atoms with Crippen LogP contribution in [0.5, 0.6) is 0 Å². The Morgan fingerprint density at radius 1 is 0.929 bits per heavy atom. The Hall–Kier alpha value is -2.83. The number of fused-ring (bicyclic) bond motifs is 1.